The smallest absolute Gasteiger partial charge is 0.276 e. The minimum absolute atomic E-state index is 0.102. The largest absolute Gasteiger partial charge is 0.493 e. The molecule has 0 spiro atoms. The number of ether oxygens (including phenoxy) is 2. The maximum absolute atomic E-state index is 12.0. The maximum atomic E-state index is 12.0. The Labute approximate surface area is 171 Å². The van der Waals surface area contributed by atoms with E-state index in [0.717, 1.165) is 5.56 Å². The molecule has 1 aromatic heterocycles. The summed E-state index contributed by atoms with van der Waals surface area (Å²) in [6, 6.07) is 12.3. The first-order valence-electron chi connectivity index (χ1n) is 8.33. The molecule has 0 aliphatic rings. The Morgan fingerprint density at radius 3 is 2.57 bits per heavy atom. The maximum Gasteiger partial charge on any atom is 0.276 e. The van der Waals surface area contributed by atoms with Crippen LogP contribution in [0.15, 0.2) is 52.1 Å². The number of carbonyl (C=O) groups excluding carboxylic acids is 1. The van der Waals surface area contributed by atoms with Crippen LogP contribution in [0.2, 0.25) is 5.02 Å². The van der Waals surface area contributed by atoms with Gasteiger partial charge in [-0.2, -0.15) is 0 Å². The van der Waals surface area contributed by atoms with Gasteiger partial charge in [0.15, 0.2) is 11.5 Å². The summed E-state index contributed by atoms with van der Waals surface area (Å²) in [5.74, 6) is 1.97. The van der Waals surface area contributed by atoms with Crippen molar-refractivity contribution in [1.82, 2.24) is 10.2 Å². The number of methoxy groups -OCH3 is 2. The highest BCUT2D eigenvalue weighted by Gasteiger charge is 2.13. The van der Waals surface area contributed by atoms with Crippen molar-refractivity contribution >= 4 is 35.0 Å². The predicted octanol–water partition coefficient (Wildman–Crippen LogP) is 4.53. The van der Waals surface area contributed by atoms with Crippen molar-refractivity contribution in [3.8, 4) is 23.0 Å². The number of anilines is 1. The minimum atomic E-state index is -0.102. The number of rotatable bonds is 8. The fraction of sp³-hybridized carbons (Fsp3) is 0.211. The second-order valence-electron chi connectivity index (χ2n) is 5.60. The van der Waals surface area contributed by atoms with Crippen molar-refractivity contribution in [3.63, 3.8) is 0 Å². The minimum Gasteiger partial charge on any atom is -0.493 e. The third-order valence-corrected chi connectivity index (χ3v) is 4.79. The number of carbonyl (C=O) groups is 1. The van der Waals surface area contributed by atoms with E-state index in [0.29, 0.717) is 45.5 Å². The average Bonchev–Trinajstić information content (AvgIpc) is 3.18. The molecule has 3 rings (SSSR count). The summed E-state index contributed by atoms with van der Waals surface area (Å²) in [6.07, 6.45) is 0.307. The Kier molecular flexibility index (Phi) is 6.78. The van der Waals surface area contributed by atoms with Crippen molar-refractivity contribution in [2.45, 2.75) is 11.6 Å². The first kappa shape index (κ1) is 20.0. The van der Waals surface area contributed by atoms with Crippen LogP contribution in [-0.2, 0) is 4.79 Å². The van der Waals surface area contributed by atoms with Crippen molar-refractivity contribution in [2.75, 3.05) is 25.3 Å². The lowest BCUT2D eigenvalue weighted by Gasteiger charge is -2.07. The molecule has 9 heteroatoms. The van der Waals surface area contributed by atoms with Crippen LogP contribution in [0.4, 0.5) is 5.69 Å². The second kappa shape index (κ2) is 9.48. The van der Waals surface area contributed by atoms with Crippen LogP contribution in [0.3, 0.4) is 0 Å². The van der Waals surface area contributed by atoms with Gasteiger partial charge in [-0.15, -0.1) is 10.2 Å². The van der Waals surface area contributed by atoms with Crippen LogP contribution in [-0.4, -0.2) is 36.1 Å². The molecule has 2 aromatic carbocycles. The van der Waals surface area contributed by atoms with E-state index >= 15 is 0 Å². The fourth-order valence-corrected chi connectivity index (χ4v) is 3.17. The van der Waals surface area contributed by atoms with Crippen LogP contribution in [0.1, 0.15) is 6.42 Å². The summed E-state index contributed by atoms with van der Waals surface area (Å²) < 4.78 is 16.1. The third kappa shape index (κ3) is 5.17. The predicted molar refractivity (Wildman–Crippen MR) is 108 cm³/mol. The normalized spacial score (nSPS) is 10.5. The summed E-state index contributed by atoms with van der Waals surface area (Å²) in [5, 5.41) is 11.9. The number of halogens is 1. The molecule has 0 saturated carbocycles. The first-order valence-corrected chi connectivity index (χ1v) is 9.69. The Balaban J connectivity index is 1.53. The molecule has 0 bridgehead atoms. The fourth-order valence-electron chi connectivity index (χ4n) is 2.34. The molecule has 0 atom stereocenters. The van der Waals surface area contributed by atoms with E-state index in [-0.39, 0.29) is 5.91 Å². The van der Waals surface area contributed by atoms with Crippen molar-refractivity contribution in [3.05, 3.63) is 47.5 Å². The Bertz CT molecular complexity index is 947. The summed E-state index contributed by atoms with van der Waals surface area (Å²) >= 11 is 7.14. The highest BCUT2D eigenvalue weighted by atomic mass is 35.5. The number of nitrogens with zero attached hydrogens (tertiary/aromatic N) is 2. The highest BCUT2D eigenvalue weighted by Crippen LogP contribution is 2.32. The monoisotopic (exact) mass is 419 g/mol. The SMILES string of the molecule is COc1ccc(-c2nnc(SCCC(=O)Nc3ccc(Cl)cc3)o2)cc1OC. The molecule has 0 aliphatic carbocycles. The zero-order valence-electron chi connectivity index (χ0n) is 15.3. The molecule has 28 heavy (non-hydrogen) atoms. The van der Waals surface area contributed by atoms with Gasteiger partial charge in [0.25, 0.3) is 5.22 Å². The molecule has 7 nitrogen and oxygen atoms in total. The molecular weight excluding hydrogens is 402 g/mol. The Morgan fingerprint density at radius 2 is 1.86 bits per heavy atom. The van der Waals surface area contributed by atoms with Gasteiger partial charge in [-0.05, 0) is 42.5 Å². The standard InChI is InChI=1S/C19H18ClN3O4S/c1-25-15-8-3-12(11-16(15)26-2)18-22-23-19(27-18)28-10-9-17(24)21-14-6-4-13(20)5-7-14/h3-8,11H,9-10H2,1-2H3,(H,21,24). The lowest BCUT2D eigenvalue weighted by molar-refractivity contribution is -0.115. The third-order valence-electron chi connectivity index (χ3n) is 3.72. The van der Waals surface area contributed by atoms with Crippen LogP contribution in [0, 0.1) is 0 Å². The van der Waals surface area contributed by atoms with Gasteiger partial charge in [-0.25, -0.2) is 0 Å². The zero-order chi connectivity index (χ0) is 19.9. The van der Waals surface area contributed by atoms with E-state index in [4.69, 9.17) is 25.5 Å². The molecule has 0 saturated heterocycles. The van der Waals surface area contributed by atoms with Gasteiger partial charge in [0.2, 0.25) is 11.8 Å². The second-order valence-corrected chi connectivity index (χ2v) is 7.08. The molecule has 146 valence electrons. The van der Waals surface area contributed by atoms with E-state index in [9.17, 15) is 4.79 Å². The van der Waals surface area contributed by atoms with Crippen LogP contribution in [0.5, 0.6) is 11.5 Å². The van der Waals surface area contributed by atoms with Crippen LogP contribution in [0.25, 0.3) is 11.5 Å². The van der Waals surface area contributed by atoms with Gasteiger partial charge in [0.1, 0.15) is 0 Å². The van der Waals surface area contributed by atoms with Crippen LogP contribution < -0.4 is 14.8 Å². The number of aromatic nitrogens is 2. The number of hydrogen-bond acceptors (Lipinski definition) is 7. The van der Waals surface area contributed by atoms with Crippen molar-refractivity contribution in [1.29, 1.82) is 0 Å². The Hall–Kier alpha value is -2.71. The number of thioether (sulfide) groups is 1. The lowest BCUT2D eigenvalue weighted by atomic mass is 10.2. The van der Waals surface area contributed by atoms with Gasteiger partial charge < -0.3 is 19.2 Å². The summed E-state index contributed by atoms with van der Waals surface area (Å²) in [6.45, 7) is 0. The molecule has 0 aliphatic heterocycles. The summed E-state index contributed by atoms with van der Waals surface area (Å²) in [5.41, 5.74) is 1.42. The molecule has 0 fully saturated rings. The highest BCUT2D eigenvalue weighted by molar-refractivity contribution is 7.99. The molecule has 0 radical (unpaired) electrons. The Morgan fingerprint density at radius 1 is 1.11 bits per heavy atom. The van der Waals surface area contributed by atoms with E-state index in [1.807, 2.05) is 6.07 Å². The topological polar surface area (TPSA) is 86.5 Å². The van der Waals surface area contributed by atoms with Crippen LogP contribution >= 0.6 is 23.4 Å². The van der Waals surface area contributed by atoms with E-state index in [1.165, 1.54) is 11.8 Å². The summed E-state index contributed by atoms with van der Waals surface area (Å²) in [7, 11) is 3.13. The lowest BCUT2D eigenvalue weighted by Crippen LogP contribution is -2.11. The van der Waals surface area contributed by atoms with Gasteiger partial charge in [0.05, 0.1) is 14.2 Å². The number of hydrogen-bond donors (Lipinski definition) is 1. The van der Waals surface area contributed by atoms with Gasteiger partial charge in [-0.1, -0.05) is 23.4 Å². The van der Waals surface area contributed by atoms with E-state index in [2.05, 4.69) is 15.5 Å². The van der Waals surface area contributed by atoms with Crippen molar-refractivity contribution in [2.24, 2.45) is 0 Å². The molecule has 3 aromatic rings. The first-order chi connectivity index (χ1) is 13.6. The molecule has 1 heterocycles. The average molecular weight is 420 g/mol. The number of nitrogens with one attached hydrogen (secondary N) is 1. The summed E-state index contributed by atoms with van der Waals surface area (Å²) in [4.78, 5) is 12.0. The molecule has 0 unspecified atom stereocenters. The van der Waals surface area contributed by atoms with E-state index < -0.39 is 0 Å². The number of amides is 1. The van der Waals surface area contributed by atoms with Gasteiger partial charge in [0, 0.05) is 28.4 Å². The van der Waals surface area contributed by atoms with E-state index in [1.54, 1.807) is 50.6 Å². The number of benzene rings is 2. The van der Waals surface area contributed by atoms with Gasteiger partial charge >= 0.3 is 0 Å². The zero-order valence-corrected chi connectivity index (χ0v) is 16.8. The van der Waals surface area contributed by atoms with Crippen molar-refractivity contribution < 1.29 is 18.7 Å². The molecule has 1 N–H and O–H groups in total. The molecule has 1 amide bonds. The quantitative estimate of drug-likeness (QED) is 0.537. The van der Waals surface area contributed by atoms with Gasteiger partial charge in [-0.3, -0.25) is 4.79 Å². The molecular formula is C19H18ClN3O4S.